The summed E-state index contributed by atoms with van der Waals surface area (Å²) in [6.07, 6.45) is 0.493. The van der Waals surface area contributed by atoms with Gasteiger partial charge < -0.3 is 19.9 Å². The Morgan fingerprint density at radius 2 is 2.05 bits per heavy atom. The van der Waals surface area contributed by atoms with Crippen molar-refractivity contribution in [1.29, 1.82) is 0 Å². The van der Waals surface area contributed by atoms with Crippen molar-refractivity contribution < 1.29 is 19.4 Å². The summed E-state index contributed by atoms with van der Waals surface area (Å²) < 4.78 is 10.6. The Kier molecular flexibility index (Phi) is 5.82. The van der Waals surface area contributed by atoms with Crippen molar-refractivity contribution in [3.05, 3.63) is 23.8 Å². The van der Waals surface area contributed by atoms with E-state index in [0.29, 0.717) is 30.1 Å². The third-order valence-corrected chi connectivity index (χ3v) is 2.91. The number of carbonyl (C=O) groups is 1. The van der Waals surface area contributed by atoms with Crippen LogP contribution in [0.5, 0.6) is 11.5 Å². The SMILES string of the molecule is CCOc1ccc(C(=O)NC(C)(C)CCO)cc1OC. The van der Waals surface area contributed by atoms with Crippen LogP contribution in [0.25, 0.3) is 0 Å². The van der Waals surface area contributed by atoms with Crippen LogP contribution in [0.2, 0.25) is 0 Å². The Labute approximate surface area is 119 Å². The Bertz CT molecular complexity index is 457. The lowest BCUT2D eigenvalue weighted by Gasteiger charge is -2.25. The summed E-state index contributed by atoms with van der Waals surface area (Å²) in [5.74, 6) is 0.936. The van der Waals surface area contributed by atoms with Crippen LogP contribution < -0.4 is 14.8 Å². The molecule has 1 aromatic rings. The predicted molar refractivity (Wildman–Crippen MR) is 77.4 cm³/mol. The quantitative estimate of drug-likeness (QED) is 0.802. The second kappa shape index (κ2) is 7.14. The van der Waals surface area contributed by atoms with Gasteiger partial charge in [-0.05, 0) is 45.4 Å². The van der Waals surface area contributed by atoms with E-state index in [9.17, 15) is 4.79 Å². The van der Waals surface area contributed by atoms with Gasteiger partial charge in [-0.25, -0.2) is 0 Å². The minimum Gasteiger partial charge on any atom is -0.493 e. The monoisotopic (exact) mass is 281 g/mol. The van der Waals surface area contributed by atoms with Crippen LogP contribution in [0.4, 0.5) is 0 Å². The van der Waals surface area contributed by atoms with Crippen molar-refractivity contribution in [1.82, 2.24) is 5.32 Å². The van der Waals surface area contributed by atoms with Gasteiger partial charge in [-0.3, -0.25) is 4.79 Å². The number of hydrogen-bond acceptors (Lipinski definition) is 4. The number of amides is 1. The molecule has 0 radical (unpaired) electrons. The molecule has 20 heavy (non-hydrogen) atoms. The zero-order chi connectivity index (χ0) is 15.2. The van der Waals surface area contributed by atoms with Crippen LogP contribution in [0.1, 0.15) is 37.6 Å². The van der Waals surface area contributed by atoms with Crippen molar-refractivity contribution in [2.24, 2.45) is 0 Å². The van der Waals surface area contributed by atoms with Crippen molar-refractivity contribution in [2.45, 2.75) is 32.7 Å². The number of rotatable bonds is 7. The van der Waals surface area contributed by atoms with E-state index in [2.05, 4.69) is 5.32 Å². The highest BCUT2D eigenvalue weighted by Crippen LogP contribution is 2.28. The van der Waals surface area contributed by atoms with Gasteiger partial charge >= 0.3 is 0 Å². The zero-order valence-electron chi connectivity index (χ0n) is 12.5. The number of carbonyl (C=O) groups excluding carboxylic acids is 1. The summed E-state index contributed by atoms with van der Waals surface area (Å²) >= 11 is 0. The number of hydrogen-bond donors (Lipinski definition) is 2. The van der Waals surface area contributed by atoms with Crippen molar-refractivity contribution in [3.8, 4) is 11.5 Å². The molecule has 0 bridgehead atoms. The van der Waals surface area contributed by atoms with Gasteiger partial charge in [-0.1, -0.05) is 0 Å². The van der Waals surface area contributed by atoms with Gasteiger partial charge in [0.1, 0.15) is 0 Å². The molecule has 5 nitrogen and oxygen atoms in total. The summed E-state index contributed by atoms with van der Waals surface area (Å²) in [5, 5.41) is 11.9. The Balaban J connectivity index is 2.88. The molecule has 0 saturated heterocycles. The van der Waals surface area contributed by atoms with Gasteiger partial charge in [0.15, 0.2) is 11.5 Å². The zero-order valence-corrected chi connectivity index (χ0v) is 12.5. The number of nitrogens with one attached hydrogen (secondary N) is 1. The van der Waals surface area contributed by atoms with Crippen LogP contribution in [0.3, 0.4) is 0 Å². The molecule has 112 valence electrons. The van der Waals surface area contributed by atoms with E-state index in [-0.39, 0.29) is 12.5 Å². The molecule has 2 N–H and O–H groups in total. The molecule has 1 aromatic carbocycles. The molecule has 0 fully saturated rings. The lowest BCUT2D eigenvalue weighted by atomic mass is 10.0. The van der Waals surface area contributed by atoms with Crippen LogP contribution in [-0.2, 0) is 0 Å². The van der Waals surface area contributed by atoms with Crippen LogP contribution in [0, 0.1) is 0 Å². The molecule has 0 aromatic heterocycles. The van der Waals surface area contributed by atoms with Gasteiger partial charge in [0.05, 0.1) is 13.7 Å². The summed E-state index contributed by atoms with van der Waals surface area (Å²) in [5.41, 5.74) is 0.0359. The fraction of sp³-hybridized carbons (Fsp3) is 0.533. The molecule has 0 aliphatic heterocycles. The summed E-state index contributed by atoms with van der Waals surface area (Å²) in [4.78, 5) is 12.2. The van der Waals surface area contributed by atoms with Gasteiger partial charge in [0, 0.05) is 17.7 Å². The predicted octanol–water partition coefficient (Wildman–Crippen LogP) is 1.98. The number of benzene rings is 1. The maximum Gasteiger partial charge on any atom is 0.251 e. The van der Waals surface area contributed by atoms with E-state index in [0.717, 1.165) is 0 Å². The third kappa shape index (κ3) is 4.42. The molecule has 0 aliphatic carbocycles. The second-order valence-electron chi connectivity index (χ2n) is 5.11. The van der Waals surface area contributed by atoms with Crippen LogP contribution in [0.15, 0.2) is 18.2 Å². The molecule has 0 aliphatic rings. The van der Waals surface area contributed by atoms with Gasteiger partial charge in [0.25, 0.3) is 5.91 Å². The average molecular weight is 281 g/mol. The smallest absolute Gasteiger partial charge is 0.251 e. The standard InChI is InChI=1S/C15H23NO4/c1-5-20-12-7-6-11(10-13(12)19-4)14(18)16-15(2,3)8-9-17/h6-7,10,17H,5,8-9H2,1-4H3,(H,16,18). The van der Waals surface area contributed by atoms with E-state index < -0.39 is 5.54 Å². The first-order chi connectivity index (χ1) is 9.43. The lowest BCUT2D eigenvalue weighted by Crippen LogP contribution is -2.44. The van der Waals surface area contributed by atoms with Crippen molar-refractivity contribution >= 4 is 5.91 Å². The number of methoxy groups -OCH3 is 1. The van der Waals surface area contributed by atoms with E-state index in [1.54, 1.807) is 18.2 Å². The summed E-state index contributed by atoms with van der Waals surface area (Å²) in [6, 6.07) is 5.06. The topological polar surface area (TPSA) is 67.8 Å². The summed E-state index contributed by atoms with van der Waals surface area (Å²) in [7, 11) is 1.54. The van der Waals surface area contributed by atoms with Crippen molar-refractivity contribution in [3.63, 3.8) is 0 Å². The fourth-order valence-corrected chi connectivity index (χ4v) is 1.81. The molecule has 0 atom stereocenters. The first kappa shape index (κ1) is 16.3. The van der Waals surface area contributed by atoms with E-state index in [4.69, 9.17) is 14.6 Å². The average Bonchev–Trinajstić information content (AvgIpc) is 2.38. The molecular weight excluding hydrogens is 258 g/mol. The molecule has 0 heterocycles. The van der Waals surface area contributed by atoms with Crippen molar-refractivity contribution in [2.75, 3.05) is 20.3 Å². The highest BCUT2D eigenvalue weighted by molar-refractivity contribution is 5.95. The number of ether oxygens (including phenoxy) is 2. The summed E-state index contributed by atoms with van der Waals surface area (Å²) in [6.45, 7) is 6.18. The highest BCUT2D eigenvalue weighted by atomic mass is 16.5. The largest absolute Gasteiger partial charge is 0.493 e. The third-order valence-electron chi connectivity index (χ3n) is 2.91. The number of aliphatic hydroxyl groups excluding tert-OH is 1. The maximum absolute atomic E-state index is 12.2. The fourth-order valence-electron chi connectivity index (χ4n) is 1.81. The minimum atomic E-state index is -0.461. The first-order valence-corrected chi connectivity index (χ1v) is 6.67. The second-order valence-corrected chi connectivity index (χ2v) is 5.11. The van der Waals surface area contributed by atoms with Gasteiger partial charge in [-0.15, -0.1) is 0 Å². The normalized spacial score (nSPS) is 11.1. The highest BCUT2D eigenvalue weighted by Gasteiger charge is 2.21. The number of aliphatic hydroxyl groups is 1. The Morgan fingerprint density at radius 1 is 1.35 bits per heavy atom. The molecule has 1 amide bonds. The molecule has 0 unspecified atom stereocenters. The van der Waals surface area contributed by atoms with Crippen LogP contribution in [-0.4, -0.2) is 36.9 Å². The lowest BCUT2D eigenvalue weighted by molar-refractivity contribution is 0.0899. The van der Waals surface area contributed by atoms with E-state index >= 15 is 0 Å². The Hall–Kier alpha value is -1.75. The molecule has 0 spiro atoms. The van der Waals surface area contributed by atoms with E-state index in [1.165, 1.54) is 7.11 Å². The minimum absolute atomic E-state index is 0.0277. The van der Waals surface area contributed by atoms with Gasteiger partial charge in [0.2, 0.25) is 0 Å². The molecule has 5 heteroatoms. The van der Waals surface area contributed by atoms with Gasteiger partial charge in [-0.2, -0.15) is 0 Å². The Morgan fingerprint density at radius 3 is 2.60 bits per heavy atom. The molecule has 0 saturated carbocycles. The first-order valence-electron chi connectivity index (χ1n) is 6.67. The molecule has 1 rings (SSSR count). The van der Waals surface area contributed by atoms with E-state index in [1.807, 2.05) is 20.8 Å². The van der Waals surface area contributed by atoms with Crippen LogP contribution >= 0.6 is 0 Å². The molecular formula is C15H23NO4. The maximum atomic E-state index is 12.2.